The summed E-state index contributed by atoms with van der Waals surface area (Å²) in [5.74, 6) is 1.34. The Labute approximate surface area is 142 Å². The highest BCUT2D eigenvalue weighted by Gasteiger charge is 2.16. The van der Waals surface area contributed by atoms with Crippen LogP contribution in [0.1, 0.15) is 35.2 Å². The molecule has 1 aliphatic heterocycles. The third kappa shape index (κ3) is 3.59. The lowest BCUT2D eigenvalue weighted by Gasteiger charge is -2.13. The zero-order valence-electron chi connectivity index (χ0n) is 14.1. The van der Waals surface area contributed by atoms with Crippen molar-refractivity contribution in [1.82, 2.24) is 5.32 Å². The molecule has 0 aromatic heterocycles. The summed E-state index contributed by atoms with van der Waals surface area (Å²) < 4.78 is 10.7. The maximum Gasteiger partial charge on any atom is 0.244 e. The Bertz CT molecular complexity index is 795. The molecule has 0 bridgehead atoms. The number of fused-ring (bicyclic) bond motifs is 1. The zero-order valence-corrected chi connectivity index (χ0v) is 14.1. The normalized spacial score (nSPS) is 14.0. The van der Waals surface area contributed by atoms with E-state index in [9.17, 15) is 4.79 Å². The lowest BCUT2D eigenvalue weighted by molar-refractivity contribution is -0.117. The van der Waals surface area contributed by atoms with Crippen molar-refractivity contribution in [2.75, 3.05) is 6.79 Å². The predicted molar refractivity (Wildman–Crippen MR) is 94.1 cm³/mol. The van der Waals surface area contributed by atoms with E-state index in [0.29, 0.717) is 0 Å². The van der Waals surface area contributed by atoms with Gasteiger partial charge in [0.25, 0.3) is 0 Å². The van der Waals surface area contributed by atoms with Crippen molar-refractivity contribution in [3.63, 3.8) is 0 Å². The lowest BCUT2D eigenvalue weighted by Crippen LogP contribution is -2.24. The third-order valence-corrected chi connectivity index (χ3v) is 4.09. The van der Waals surface area contributed by atoms with Gasteiger partial charge in [-0.15, -0.1) is 0 Å². The summed E-state index contributed by atoms with van der Waals surface area (Å²) in [4.78, 5) is 12.2. The Balaban J connectivity index is 1.64. The van der Waals surface area contributed by atoms with Gasteiger partial charge in [-0.25, -0.2) is 0 Å². The molecular formula is C20H21NO3. The minimum Gasteiger partial charge on any atom is -0.454 e. The highest BCUT2D eigenvalue weighted by Crippen LogP contribution is 2.34. The number of ether oxygens (including phenoxy) is 2. The number of benzene rings is 2. The molecule has 1 N–H and O–H groups in total. The number of carbonyl (C=O) groups excluding carboxylic acids is 1. The van der Waals surface area contributed by atoms with Gasteiger partial charge in [0.05, 0.1) is 6.04 Å². The average Bonchev–Trinajstić information content (AvgIpc) is 3.01. The molecular weight excluding hydrogens is 302 g/mol. The number of rotatable bonds is 4. The van der Waals surface area contributed by atoms with E-state index in [0.717, 1.165) is 28.2 Å². The van der Waals surface area contributed by atoms with Crippen molar-refractivity contribution in [2.24, 2.45) is 0 Å². The zero-order chi connectivity index (χ0) is 17.1. The Kier molecular flexibility index (Phi) is 4.56. The van der Waals surface area contributed by atoms with Gasteiger partial charge < -0.3 is 14.8 Å². The molecule has 24 heavy (non-hydrogen) atoms. The number of nitrogens with one attached hydrogen (secondary N) is 1. The number of hydrogen-bond acceptors (Lipinski definition) is 3. The fourth-order valence-electron chi connectivity index (χ4n) is 2.71. The van der Waals surface area contributed by atoms with Crippen LogP contribution in [0.25, 0.3) is 6.08 Å². The molecule has 1 atom stereocenters. The second-order valence-corrected chi connectivity index (χ2v) is 6.04. The Morgan fingerprint density at radius 3 is 2.71 bits per heavy atom. The second-order valence-electron chi connectivity index (χ2n) is 6.04. The predicted octanol–water partition coefficient (Wildman–Crippen LogP) is 3.92. The van der Waals surface area contributed by atoms with Gasteiger partial charge in [-0.2, -0.15) is 0 Å². The van der Waals surface area contributed by atoms with Gasteiger partial charge in [0.1, 0.15) is 0 Å². The summed E-state index contributed by atoms with van der Waals surface area (Å²) >= 11 is 0. The van der Waals surface area contributed by atoms with Crippen LogP contribution >= 0.6 is 0 Å². The van der Waals surface area contributed by atoms with Crippen LogP contribution in [-0.4, -0.2) is 12.7 Å². The van der Waals surface area contributed by atoms with Gasteiger partial charge >= 0.3 is 0 Å². The molecule has 0 saturated heterocycles. The van der Waals surface area contributed by atoms with Gasteiger partial charge in [-0.05, 0) is 55.7 Å². The summed E-state index contributed by atoms with van der Waals surface area (Å²) in [6.07, 6.45) is 3.41. The summed E-state index contributed by atoms with van der Waals surface area (Å²) in [7, 11) is 0. The SMILES string of the molecule is Cc1ccc(/C=C/C(=O)NC(C)c2ccc3c(c2)OCO3)c(C)c1. The van der Waals surface area contributed by atoms with E-state index in [1.807, 2.05) is 50.3 Å². The minimum atomic E-state index is -0.125. The lowest BCUT2D eigenvalue weighted by atomic mass is 10.1. The smallest absolute Gasteiger partial charge is 0.244 e. The van der Waals surface area contributed by atoms with Gasteiger partial charge in [0.2, 0.25) is 12.7 Å². The summed E-state index contributed by atoms with van der Waals surface area (Å²) in [5, 5.41) is 2.97. The molecule has 0 spiro atoms. The molecule has 124 valence electrons. The highest BCUT2D eigenvalue weighted by molar-refractivity contribution is 5.92. The van der Waals surface area contributed by atoms with E-state index >= 15 is 0 Å². The molecule has 1 heterocycles. The fourth-order valence-corrected chi connectivity index (χ4v) is 2.71. The topological polar surface area (TPSA) is 47.6 Å². The van der Waals surface area contributed by atoms with Gasteiger partial charge in [-0.1, -0.05) is 29.8 Å². The van der Waals surface area contributed by atoms with Crippen molar-refractivity contribution in [1.29, 1.82) is 0 Å². The van der Waals surface area contributed by atoms with Crippen LogP contribution in [0.4, 0.5) is 0 Å². The number of carbonyl (C=O) groups is 1. The highest BCUT2D eigenvalue weighted by atomic mass is 16.7. The van der Waals surface area contributed by atoms with Crippen LogP contribution in [0, 0.1) is 13.8 Å². The summed E-state index contributed by atoms with van der Waals surface area (Å²) in [5.41, 5.74) is 4.40. The Hall–Kier alpha value is -2.75. The first kappa shape index (κ1) is 16.1. The fraction of sp³-hybridized carbons (Fsp3) is 0.250. The van der Waals surface area contributed by atoms with E-state index in [2.05, 4.69) is 18.3 Å². The Morgan fingerprint density at radius 2 is 1.92 bits per heavy atom. The molecule has 0 radical (unpaired) electrons. The van der Waals surface area contributed by atoms with E-state index in [-0.39, 0.29) is 18.7 Å². The molecule has 2 aromatic carbocycles. The standard InChI is InChI=1S/C20H21NO3/c1-13-4-5-16(14(2)10-13)7-9-20(22)21-15(3)17-6-8-18-19(11-17)24-12-23-18/h4-11,15H,12H2,1-3H3,(H,21,22)/b9-7+. The van der Waals surface area contributed by atoms with Crippen LogP contribution in [-0.2, 0) is 4.79 Å². The molecule has 0 fully saturated rings. The number of amides is 1. The molecule has 4 heteroatoms. The van der Waals surface area contributed by atoms with Crippen molar-refractivity contribution in [3.8, 4) is 11.5 Å². The molecule has 0 saturated carbocycles. The first-order valence-electron chi connectivity index (χ1n) is 7.98. The maximum absolute atomic E-state index is 12.2. The average molecular weight is 323 g/mol. The molecule has 0 aliphatic carbocycles. The van der Waals surface area contributed by atoms with Crippen molar-refractivity contribution < 1.29 is 14.3 Å². The number of aryl methyl sites for hydroxylation is 2. The monoisotopic (exact) mass is 323 g/mol. The summed E-state index contributed by atoms with van der Waals surface area (Å²) in [6.45, 7) is 6.29. The quantitative estimate of drug-likeness (QED) is 0.868. The largest absolute Gasteiger partial charge is 0.454 e. The van der Waals surface area contributed by atoms with E-state index in [1.165, 1.54) is 5.56 Å². The van der Waals surface area contributed by atoms with Gasteiger partial charge in [-0.3, -0.25) is 4.79 Å². The van der Waals surface area contributed by atoms with E-state index < -0.39 is 0 Å². The molecule has 1 unspecified atom stereocenters. The third-order valence-electron chi connectivity index (χ3n) is 4.09. The second kappa shape index (κ2) is 6.79. The van der Waals surface area contributed by atoms with Gasteiger partial charge in [0, 0.05) is 6.08 Å². The van der Waals surface area contributed by atoms with Crippen LogP contribution in [0.15, 0.2) is 42.5 Å². The van der Waals surface area contributed by atoms with Crippen molar-refractivity contribution in [2.45, 2.75) is 26.8 Å². The molecule has 1 amide bonds. The molecule has 1 aliphatic rings. The minimum absolute atomic E-state index is 0.115. The maximum atomic E-state index is 12.2. The Morgan fingerprint density at radius 1 is 1.12 bits per heavy atom. The van der Waals surface area contributed by atoms with Crippen LogP contribution in [0.5, 0.6) is 11.5 Å². The number of hydrogen-bond donors (Lipinski definition) is 1. The first-order chi connectivity index (χ1) is 11.5. The van der Waals surface area contributed by atoms with E-state index in [1.54, 1.807) is 6.08 Å². The molecule has 2 aromatic rings. The van der Waals surface area contributed by atoms with Gasteiger partial charge in [0.15, 0.2) is 11.5 Å². The molecule has 3 rings (SSSR count). The van der Waals surface area contributed by atoms with Crippen LogP contribution in [0.3, 0.4) is 0 Å². The summed E-state index contributed by atoms with van der Waals surface area (Å²) in [6, 6.07) is 11.8. The molecule has 4 nitrogen and oxygen atoms in total. The van der Waals surface area contributed by atoms with Crippen LogP contribution in [0.2, 0.25) is 0 Å². The van der Waals surface area contributed by atoms with Crippen molar-refractivity contribution in [3.05, 3.63) is 64.7 Å². The van der Waals surface area contributed by atoms with Crippen molar-refractivity contribution >= 4 is 12.0 Å². The van der Waals surface area contributed by atoms with E-state index in [4.69, 9.17) is 9.47 Å². The van der Waals surface area contributed by atoms with Crippen LogP contribution < -0.4 is 14.8 Å². The first-order valence-corrected chi connectivity index (χ1v) is 7.98.